The second-order valence-corrected chi connectivity index (χ2v) is 7.34. The molecule has 0 radical (unpaired) electrons. The highest BCUT2D eigenvalue weighted by atomic mass is 35.5. The molecule has 1 aromatic carbocycles. The van der Waals surface area contributed by atoms with E-state index in [1.54, 1.807) is 24.3 Å². The molecule has 1 aliphatic rings. The molecule has 3 N–H and O–H groups in total. The van der Waals surface area contributed by atoms with E-state index in [4.69, 9.17) is 5.73 Å². The molecule has 1 aliphatic heterocycles. The second kappa shape index (κ2) is 8.38. The number of nitrogens with two attached hydrogens (primary N) is 1. The van der Waals surface area contributed by atoms with Crippen molar-refractivity contribution in [3.8, 4) is 0 Å². The molecular weight excluding hydrogens is 326 g/mol. The molecule has 2 amide bonds. The zero-order valence-electron chi connectivity index (χ0n) is 14.7. The van der Waals surface area contributed by atoms with Crippen LogP contribution in [0.2, 0.25) is 0 Å². The average Bonchev–Trinajstić information content (AvgIpc) is 2.51. The third-order valence-electron chi connectivity index (χ3n) is 4.17. The van der Waals surface area contributed by atoms with Gasteiger partial charge < -0.3 is 16.0 Å². The molecule has 1 atom stereocenters. The Morgan fingerprint density at radius 1 is 1.33 bits per heavy atom. The summed E-state index contributed by atoms with van der Waals surface area (Å²) in [6.07, 6.45) is 2.00. The fraction of sp³-hybridized carbons (Fsp3) is 0.556. The summed E-state index contributed by atoms with van der Waals surface area (Å²) in [4.78, 5) is 26.4. The van der Waals surface area contributed by atoms with Crippen LogP contribution in [0.5, 0.6) is 0 Å². The topological polar surface area (TPSA) is 75.4 Å². The minimum absolute atomic E-state index is 0. The van der Waals surface area contributed by atoms with Gasteiger partial charge in [-0.2, -0.15) is 0 Å². The van der Waals surface area contributed by atoms with E-state index in [1.807, 2.05) is 25.7 Å². The first kappa shape index (κ1) is 20.3. The maximum absolute atomic E-state index is 12.6. The maximum atomic E-state index is 12.6. The van der Waals surface area contributed by atoms with Crippen molar-refractivity contribution in [2.24, 2.45) is 11.3 Å². The van der Waals surface area contributed by atoms with Gasteiger partial charge in [0.25, 0.3) is 5.91 Å². The lowest BCUT2D eigenvalue weighted by Gasteiger charge is -2.33. The number of hydrogen-bond donors (Lipinski definition) is 2. The lowest BCUT2D eigenvalue weighted by atomic mass is 9.94. The molecule has 24 heavy (non-hydrogen) atoms. The number of rotatable bonds is 3. The predicted octanol–water partition coefficient (Wildman–Crippen LogP) is 2.71. The number of hydrogen-bond acceptors (Lipinski definition) is 3. The number of likely N-dealkylation sites (tertiary alicyclic amines) is 1. The lowest BCUT2D eigenvalue weighted by molar-refractivity contribution is -0.128. The van der Waals surface area contributed by atoms with Crippen molar-refractivity contribution >= 4 is 29.9 Å². The lowest BCUT2D eigenvalue weighted by Crippen LogP contribution is -2.45. The summed E-state index contributed by atoms with van der Waals surface area (Å²) in [5, 5.41) is 3.00. The zero-order valence-corrected chi connectivity index (χ0v) is 15.5. The van der Waals surface area contributed by atoms with Gasteiger partial charge in [-0.25, -0.2) is 0 Å². The molecule has 6 heteroatoms. The van der Waals surface area contributed by atoms with Crippen LogP contribution in [0.15, 0.2) is 24.3 Å². The molecule has 0 spiro atoms. The Labute approximate surface area is 150 Å². The number of carbonyl (C=O) groups excluding carboxylic acids is 2. The van der Waals surface area contributed by atoms with E-state index in [0.717, 1.165) is 19.4 Å². The van der Waals surface area contributed by atoms with E-state index in [2.05, 4.69) is 5.32 Å². The number of nitrogens with one attached hydrogen (secondary N) is 1. The highest BCUT2D eigenvalue weighted by molar-refractivity contribution is 5.95. The van der Waals surface area contributed by atoms with Gasteiger partial charge in [-0.3, -0.25) is 9.59 Å². The molecule has 0 aliphatic carbocycles. The van der Waals surface area contributed by atoms with Crippen molar-refractivity contribution in [1.82, 2.24) is 10.2 Å². The zero-order chi connectivity index (χ0) is 17.0. The van der Waals surface area contributed by atoms with Gasteiger partial charge in [0.2, 0.25) is 5.91 Å². The predicted molar refractivity (Wildman–Crippen MR) is 99.2 cm³/mol. The van der Waals surface area contributed by atoms with Gasteiger partial charge in [-0.05, 0) is 37.0 Å². The van der Waals surface area contributed by atoms with Crippen molar-refractivity contribution in [2.75, 3.05) is 25.4 Å². The van der Waals surface area contributed by atoms with Crippen LogP contribution in [0.25, 0.3) is 0 Å². The normalized spacial score (nSPS) is 17.8. The molecule has 1 unspecified atom stereocenters. The van der Waals surface area contributed by atoms with Gasteiger partial charge in [0.1, 0.15) is 0 Å². The number of carbonyl (C=O) groups is 2. The Kier molecular flexibility index (Phi) is 7.08. The minimum atomic E-state index is -0.383. The van der Waals surface area contributed by atoms with Crippen LogP contribution >= 0.6 is 12.4 Å². The number of nitrogens with zero attached hydrogens (tertiary/aromatic N) is 1. The summed E-state index contributed by atoms with van der Waals surface area (Å²) in [5.74, 6) is 0.376. The summed E-state index contributed by atoms with van der Waals surface area (Å²) in [6, 6.07) is 7.09. The van der Waals surface area contributed by atoms with Crippen molar-refractivity contribution in [1.29, 1.82) is 0 Å². The van der Waals surface area contributed by atoms with E-state index in [1.165, 1.54) is 0 Å². The Morgan fingerprint density at radius 3 is 2.67 bits per heavy atom. The van der Waals surface area contributed by atoms with Crippen LogP contribution < -0.4 is 11.1 Å². The molecular formula is C18H28ClN3O2. The van der Waals surface area contributed by atoms with Crippen molar-refractivity contribution in [3.63, 3.8) is 0 Å². The van der Waals surface area contributed by atoms with Crippen LogP contribution in [0.4, 0.5) is 5.69 Å². The van der Waals surface area contributed by atoms with E-state index >= 15 is 0 Å². The quantitative estimate of drug-likeness (QED) is 0.820. The second-order valence-electron chi connectivity index (χ2n) is 7.34. The summed E-state index contributed by atoms with van der Waals surface area (Å²) in [7, 11) is 0. The van der Waals surface area contributed by atoms with Crippen molar-refractivity contribution in [3.05, 3.63) is 29.8 Å². The van der Waals surface area contributed by atoms with Crippen LogP contribution in [-0.2, 0) is 4.79 Å². The molecule has 0 saturated carbocycles. The summed E-state index contributed by atoms with van der Waals surface area (Å²) in [6.45, 7) is 7.77. The van der Waals surface area contributed by atoms with E-state index in [0.29, 0.717) is 30.3 Å². The third kappa shape index (κ3) is 5.41. The van der Waals surface area contributed by atoms with Crippen LogP contribution in [0, 0.1) is 11.3 Å². The first-order valence-electron chi connectivity index (χ1n) is 8.20. The van der Waals surface area contributed by atoms with Gasteiger partial charge in [0.05, 0.1) is 0 Å². The van der Waals surface area contributed by atoms with Gasteiger partial charge >= 0.3 is 0 Å². The summed E-state index contributed by atoms with van der Waals surface area (Å²) >= 11 is 0. The van der Waals surface area contributed by atoms with E-state index in [9.17, 15) is 9.59 Å². The van der Waals surface area contributed by atoms with Crippen LogP contribution in [0.3, 0.4) is 0 Å². The van der Waals surface area contributed by atoms with Crippen LogP contribution in [-0.4, -0.2) is 36.3 Å². The first-order valence-corrected chi connectivity index (χ1v) is 8.20. The molecule has 1 aromatic rings. The highest BCUT2D eigenvalue weighted by Gasteiger charge is 2.26. The Hall–Kier alpha value is -1.75. The van der Waals surface area contributed by atoms with Gasteiger partial charge in [-0.1, -0.05) is 26.8 Å². The standard InChI is InChI=1S/C18H27N3O2.ClH/c1-18(2,3)17(23)20-11-13-6-5-9-21(12-13)16(22)14-7-4-8-15(19)10-14;/h4,7-8,10,13H,5-6,9,11-12,19H2,1-3H3,(H,20,23);1H. The number of amides is 2. The number of anilines is 1. The van der Waals surface area contributed by atoms with Crippen molar-refractivity contribution in [2.45, 2.75) is 33.6 Å². The number of nitrogen functional groups attached to an aromatic ring is 1. The Morgan fingerprint density at radius 2 is 2.04 bits per heavy atom. The number of piperidine rings is 1. The molecule has 0 aromatic heterocycles. The van der Waals surface area contributed by atoms with Crippen molar-refractivity contribution < 1.29 is 9.59 Å². The van der Waals surface area contributed by atoms with Gasteiger partial charge in [0, 0.05) is 36.3 Å². The number of halogens is 1. The first-order chi connectivity index (χ1) is 10.8. The molecule has 0 bridgehead atoms. The molecule has 1 fully saturated rings. The third-order valence-corrected chi connectivity index (χ3v) is 4.17. The average molecular weight is 354 g/mol. The maximum Gasteiger partial charge on any atom is 0.253 e. The molecule has 2 rings (SSSR count). The van der Waals surface area contributed by atoms with Gasteiger partial charge in [0.15, 0.2) is 0 Å². The fourth-order valence-corrected chi connectivity index (χ4v) is 2.77. The van der Waals surface area contributed by atoms with E-state index < -0.39 is 0 Å². The fourth-order valence-electron chi connectivity index (χ4n) is 2.77. The van der Waals surface area contributed by atoms with Crippen LogP contribution in [0.1, 0.15) is 44.0 Å². The molecule has 1 saturated heterocycles. The monoisotopic (exact) mass is 353 g/mol. The smallest absolute Gasteiger partial charge is 0.253 e. The Balaban J connectivity index is 0.00000288. The minimum Gasteiger partial charge on any atom is -0.399 e. The van der Waals surface area contributed by atoms with E-state index in [-0.39, 0.29) is 29.6 Å². The summed E-state index contributed by atoms with van der Waals surface area (Å²) < 4.78 is 0. The Bertz CT molecular complexity index is 584. The highest BCUT2D eigenvalue weighted by Crippen LogP contribution is 2.20. The molecule has 1 heterocycles. The largest absolute Gasteiger partial charge is 0.399 e. The molecule has 5 nitrogen and oxygen atoms in total. The summed E-state index contributed by atoms with van der Waals surface area (Å²) in [5.41, 5.74) is 6.60. The molecule has 134 valence electrons. The number of benzene rings is 1. The van der Waals surface area contributed by atoms with Gasteiger partial charge in [-0.15, -0.1) is 12.4 Å². The SMILES string of the molecule is CC(C)(C)C(=O)NCC1CCCN(C(=O)c2cccc(N)c2)C1.Cl.